The van der Waals surface area contributed by atoms with Crippen LogP contribution in [-0.4, -0.2) is 19.4 Å². The Hall–Kier alpha value is -1.14. The van der Waals surface area contributed by atoms with Crippen molar-refractivity contribution in [3.05, 3.63) is 18.3 Å². The lowest BCUT2D eigenvalue weighted by Gasteiger charge is -2.09. The Bertz CT molecular complexity index is 565. The monoisotopic (exact) mass is 269 g/mol. The Labute approximate surface area is 108 Å². The molecular formula is C12H19N3O2S. The Morgan fingerprint density at radius 3 is 2.28 bits per heavy atom. The summed E-state index contributed by atoms with van der Waals surface area (Å²) in [4.78, 5) is 3.85. The van der Waals surface area contributed by atoms with E-state index >= 15 is 0 Å². The molecule has 1 heterocycles. The minimum Gasteiger partial charge on any atom is -0.383 e. The van der Waals surface area contributed by atoms with Crippen LogP contribution >= 0.6 is 0 Å². The molecular weight excluding hydrogens is 250 g/mol. The molecule has 5 nitrogen and oxygen atoms in total. The Balaban J connectivity index is 2.29. The van der Waals surface area contributed by atoms with Crippen LogP contribution in [0.4, 0.5) is 5.82 Å². The maximum absolute atomic E-state index is 12.2. The third-order valence-corrected chi connectivity index (χ3v) is 5.85. The summed E-state index contributed by atoms with van der Waals surface area (Å²) in [6.45, 7) is 8.19. The number of nitrogens with two attached hydrogens (primary N) is 1. The third-order valence-electron chi connectivity index (χ3n) is 4.38. The van der Waals surface area contributed by atoms with E-state index in [4.69, 9.17) is 5.73 Å². The third kappa shape index (κ3) is 1.80. The number of hydrogen-bond acceptors (Lipinski definition) is 4. The highest BCUT2D eigenvalue weighted by atomic mass is 32.2. The highest BCUT2D eigenvalue weighted by Gasteiger charge is 2.66. The van der Waals surface area contributed by atoms with Gasteiger partial charge < -0.3 is 5.73 Å². The maximum Gasteiger partial charge on any atom is 0.244 e. The van der Waals surface area contributed by atoms with Crippen molar-refractivity contribution in [2.24, 2.45) is 10.8 Å². The predicted octanol–water partition coefficient (Wildman–Crippen LogP) is 1.38. The zero-order valence-corrected chi connectivity index (χ0v) is 11.9. The summed E-state index contributed by atoms with van der Waals surface area (Å²) in [5.74, 6) is 0.0289. The number of anilines is 1. The van der Waals surface area contributed by atoms with Crippen LogP contribution in [0.25, 0.3) is 0 Å². The molecule has 0 amide bonds. The summed E-state index contributed by atoms with van der Waals surface area (Å²) in [5.41, 5.74) is 5.49. The van der Waals surface area contributed by atoms with Crippen molar-refractivity contribution in [1.82, 2.24) is 9.71 Å². The van der Waals surface area contributed by atoms with E-state index in [1.807, 2.05) is 27.7 Å². The van der Waals surface area contributed by atoms with Crippen molar-refractivity contribution >= 4 is 15.8 Å². The molecule has 0 bridgehead atoms. The molecule has 1 aromatic rings. The number of aromatic nitrogens is 1. The standard InChI is InChI=1S/C12H19N3O2S/c1-11(2)10(12(11,3)4)15-18(16,17)8-6-5-7-14-9(8)13/h5-7,10,15H,1-4H3,(H2,13,14). The van der Waals surface area contributed by atoms with Gasteiger partial charge in [-0.25, -0.2) is 18.1 Å². The van der Waals surface area contributed by atoms with E-state index in [-0.39, 0.29) is 27.6 Å². The lowest BCUT2D eigenvalue weighted by atomic mass is 10.0. The molecule has 1 aromatic heterocycles. The smallest absolute Gasteiger partial charge is 0.244 e. The van der Waals surface area contributed by atoms with Gasteiger partial charge in [-0.15, -0.1) is 0 Å². The van der Waals surface area contributed by atoms with Crippen LogP contribution in [0, 0.1) is 10.8 Å². The van der Waals surface area contributed by atoms with E-state index < -0.39 is 10.0 Å². The molecule has 0 saturated heterocycles. The summed E-state index contributed by atoms with van der Waals surface area (Å²) in [6.07, 6.45) is 1.47. The van der Waals surface area contributed by atoms with E-state index in [0.29, 0.717) is 0 Å². The number of sulfonamides is 1. The lowest BCUT2D eigenvalue weighted by Crippen LogP contribution is -2.30. The zero-order chi connectivity index (χ0) is 13.8. The van der Waals surface area contributed by atoms with Gasteiger partial charge in [-0.3, -0.25) is 0 Å². The van der Waals surface area contributed by atoms with Crippen molar-refractivity contribution in [3.8, 4) is 0 Å². The van der Waals surface area contributed by atoms with Crippen molar-refractivity contribution < 1.29 is 8.42 Å². The maximum atomic E-state index is 12.2. The number of nitrogen functional groups attached to an aromatic ring is 1. The largest absolute Gasteiger partial charge is 0.383 e. The van der Waals surface area contributed by atoms with Gasteiger partial charge in [-0.05, 0) is 23.0 Å². The van der Waals surface area contributed by atoms with Crippen LogP contribution in [0.3, 0.4) is 0 Å². The first-order valence-corrected chi connectivity index (χ1v) is 7.32. The second kappa shape index (κ2) is 3.68. The number of hydrogen-bond donors (Lipinski definition) is 2. The van der Waals surface area contributed by atoms with E-state index in [1.165, 1.54) is 12.3 Å². The summed E-state index contributed by atoms with van der Waals surface area (Å²) < 4.78 is 27.2. The SMILES string of the molecule is CC1(C)C(NS(=O)(=O)c2cccnc2N)C1(C)C. The van der Waals surface area contributed by atoms with E-state index in [1.54, 1.807) is 6.07 Å². The quantitative estimate of drug-likeness (QED) is 0.868. The van der Waals surface area contributed by atoms with E-state index in [0.717, 1.165) is 0 Å². The Morgan fingerprint density at radius 2 is 1.83 bits per heavy atom. The average molecular weight is 269 g/mol. The van der Waals surface area contributed by atoms with Gasteiger partial charge in [0.2, 0.25) is 10.0 Å². The molecule has 2 rings (SSSR count). The summed E-state index contributed by atoms with van der Waals surface area (Å²) in [5, 5.41) is 0. The molecule has 100 valence electrons. The van der Waals surface area contributed by atoms with Crippen LogP contribution in [0.5, 0.6) is 0 Å². The minimum atomic E-state index is -3.61. The number of nitrogens with one attached hydrogen (secondary N) is 1. The minimum absolute atomic E-state index is 0.0289. The molecule has 0 radical (unpaired) electrons. The first kappa shape index (κ1) is 13.3. The average Bonchev–Trinajstić information content (AvgIpc) is 2.61. The van der Waals surface area contributed by atoms with Gasteiger partial charge in [-0.1, -0.05) is 27.7 Å². The van der Waals surface area contributed by atoms with E-state index in [2.05, 4.69) is 9.71 Å². The fourth-order valence-corrected chi connectivity index (χ4v) is 3.95. The van der Waals surface area contributed by atoms with Crippen molar-refractivity contribution in [1.29, 1.82) is 0 Å². The molecule has 1 saturated carbocycles. The number of nitrogens with zero attached hydrogens (tertiary/aromatic N) is 1. The van der Waals surface area contributed by atoms with Crippen molar-refractivity contribution in [3.63, 3.8) is 0 Å². The van der Waals surface area contributed by atoms with Crippen molar-refractivity contribution in [2.75, 3.05) is 5.73 Å². The number of pyridine rings is 1. The first-order valence-electron chi connectivity index (χ1n) is 5.83. The molecule has 18 heavy (non-hydrogen) atoms. The molecule has 0 aromatic carbocycles. The van der Waals surface area contributed by atoms with Gasteiger partial charge in [0, 0.05) is 12.2 Å². The van der Waals surface area contributed by atoms with E-state index in [9.17, 15) is 8.42 Å². The molecule has 0 unspecified atom stereocenters. The molecule has 1 aliphatic carbocycles. The number of rotatable bonds is 3. The summed E-state index contributed by atoms with van der Waals surface area (Å²) in [7, 11) is -3.61. The molecule has 0 spiro atoms. The van der Waals surface area contributed by atoms with Gasteiger partial charge >= 0.3 is 0 Å². The van der Waals surface area contributed by atoms with Crippen LogP contribution in [0.15, 0.2) is 23.2 Å². The highest BCUT2D eigenvalue weighted by Crippen LogP contribution is 2.62. The Morgan fingerprint density at radius 1 is 1.28 bits per heavy atom. The molecule has 0 aliphatic heterocycles. The topological polar surface area (TPSA) is 85.1 Å². The fraction of sp³-hybridized carbons (Fsp3) is 0.583. The molecule has 6 heteroatoms. The van der Waals surface area contributed by atoms with Gasteiger partial charge in [0.05, 0.1) is 0 Å². The van der Waals surface area contributed by atoms with Crippen LogP contribution in [-0.2, 0) is 10.0 Å². The lowest BCUT2D eigenvalue weighted by molar-refractivity contribution is 0.457. The molecule has 1 fully saturated rings. The zero-order valence-electron chi connectivity index (χ0n) is 11.1. The molecule has 1 aliphatic rings. The first-order chi connectivity index (χ1) is 8.11. The molecule has 0 atom stereocenters. The van der Waals surface area contributed by atoms with Crippen LogP contribution in [0.2, 0.25) is 0 Å². The van der Waals surface area contributed by atoms with Crippen LogP contribution < -0.4 is 10.5 Å². The van der Waals surface area contributed by atoms with Crippen molar-refractivity contribution in [2.45, 2.75) is 38.6 Å². The fourth-order valence-electron chi connectivity index (χ4n) is 2.34. The summed E-state index contributed by atoms with van der Waals surface area (Å²) >= 11 is 0. The van der Waals surface area contributed by atoms with Gasteiger partial charge in [0.15, 0.2) is 0 Å². The van der Waals surface area contributed by atoms with Gasteiger partial charge in [-0.2, -0.15) is 0 Å². The second-order valence-corrected chi connectivity index (χ2v) is 7.57. The summed E-state index contributed by atoms with van der Waals surface area (Å²) in [6, 6.07) is 2.94. The normalized spacial score (nSPS) is 21.8. The Kier molecular flexibility index (Phi) is 2.72. The van der Waals surface area contributed by atoms with Gasteiger partial charge in [0.1, 0.15) is 10.7 Å². The second-order valence-electron chi connectivity index (χ2n) is 5.88. The molecule has 3 N–H and O–H groups in total. The van der Waals surface area contributed by atoms with Crippen LogP contribution in [0.1, 0.15) is 27.7 Å². The van der Waals surface area contributed by atoms with Gasteiger partial charge in [0.25, 0.3) is 0 Å². The highest BCUT2D eigenvalue weighted by molar-refractivity contribution is 7.89. The predicted molar refractivity (Wildman–Crippen MR) is 70.3 cm³/mol.